The molecule has 3 rings (SSSR count). The number of carbonyl (C=O) groups is 1. The molecule has 5 heteroatoms. The van der Waals surface area contributed by atoms with Gasteiger partial charge >= 0.3 is 0 Å². The van der Waals surface area contributed by atoms with Crippen molar-refractivity contribution in [3.8, 4) is 11.5 Å². The van der Waals surface area contributed by atoms with E-state index in [0.29, 0.717) is 6.42 Å². The van der Waals surface area contributed by atoms with Crippen molar-refractivity contribution in [3.63, 3.8) is 0 Å². The molecule has 1 saturated heterocycles. The minimum Gasteiger partial charge on any atom is -0.497 e. The van der Waals surface area contributed by atoms with Crippen molar-refractivity contribution in [2.24, 2.45) is 0 Å². The molecule has 138 valence electrons. The zero-order valence-corrected chi connectivity index (χ0v) is 15.5. The van der Waals surface area contributed by atoms with Crippen LogP contribution in [0.15, 0.2) is 18.2 Å². The molecule has 1 aliphatic heterocycles. The molecule has 2 fully saturated rings. The van der Waals surface area contributed by atoms with Crippen molar-refractivity contribution >= 4 is 5.91 Å². The van der Waals surface area contributed by atoms with Crippen LogP contribution in [0.1, 0.15) is 37.7 Å². The number of rotatable bonds is 5. The third-order valence-corrected chi connectivity index (χ3v) is 5.55. The summed E-state index contributed by atoms with van der Waals surface area (Å²) in [5.41, 5.74) is 0.892. The molecular formula is C20H30N2O3. The smallest absolute Gasteiger partial charge is 0.227 e. The first-order chi connectivity index (χ1) is 12.2. The fourth-order valence-electron chi connectivity index (χ4n) is 4.12. The molecule has 0 radical (unpaired) electrons. The van der Waals surface area contributed by atoms with Gasteiger partial charge in [0.25, 0.3) is 0 Å². The van der Waals surface area contributed by atoms with Gasteiger partial charge in [-0.25, -0.2) is 0 Å². The van der Waals surface area contributed by atoms with Gasteiger partial charge in [0.2, 0.25) is 5.91 Å². The second-order valence-electron chi connectivity index (χ2n) is 7.06. The summed E-state index contributed by atoms with van der Waals surface area (Å²) in [6, 6.07) is 6.37. The maximum absolute atomic E-state index is 12.8. The first-order valence-corrected chi connectivity index (χ1v) is 9.44. The van der Waals surface area contributed by atoms with Crippen LogP contribution in [-0.4, -0.2) is 62.1 Å². The number of carbonyl (C=O) groups excluding carboxylic acids is 1. The lowest BCUT2D eigenvalue weighted by Crippen LogP contribution is -2.39. The molecule has 0 spiro atoms. The Bertz CT molecular complexity index is 584. The molecule has 0 bridgehead atoms. The highest BCUT2D eigenvalue weighted by atomic mass is 16.5. The second-order valence-corrected chi connectivity index (χ2v) is 7.06. The van der Waals surface area contributed by atoms with Crippen molar-refractivity contribution in [2.45, 2.75) is 44.6 Å². The number of ether oxygens (including phenoxy) is 2. The van der Waals surface area contributed by atoms with Crippen molar-refractivity contribution in [1.82, 2.24) is 9.80 Å². The lowest BCUT2D eigenvalue weighted by atomic mass is 10.1. The molecule has 0 N–H and O–H groups in total. The standard InChI is InChI=1S/C20H30N2O3/c1-24-18-8-9-19(25-2)16(14-18)15-20(23)22-11-5-10-21(12-13-22)17-6-3-4-7-17/h8-9,14,17H,3-7,10-13,15H2,1-2H3. The SMILES string of the molecule is COc1ccc(OC)c(CC(=O)N2CCCN(C3CCCC3)CC2)c1. The van der Waals surface area contributed by atoms with Crippen molar-refractivity contribution in [2.75, 3.05) is 40.4 Å². The van der Waals surface area contributed by atoms with E-state index in [-0.39, 0.29) is 5.91 Å². The maximum atomic E-state index is 12.8. The van der Waals surface area contributed by atoms with Crippen LogP contribution in [0.25, 0.3) is 0 Å². The zero-order valence-electron chi connectivity index (χ0n) is 15.5. The van der Waals surface area contributed by atoms with Crippen LogP contribution in [0.3, 0.4) is 0 Å². The average molecular weight is 346 g/mol. The number of amides is 1. The third kappa shape index (κ3) is 4.46. The van der Waals surface area contributed by atoms with E-state index < -0.39 is 0 Å². The van der Waals surface area contributed by atoms with E-state index in [1.807, 2.05) is 23.1 Å². The highest BCUT2D eigenvalue weighted by molar-refractivity contribution is 5.79. The first kappa shape index (κ1) is 18.1. The monoisotopic (exact) mass is 346 g/mol. The average Bonchev–Trinajstić information content (AvgIpc) is 3.06. The Morgan fingerprint density at radius 1 is 1.04 bits per heavy atom. The molecular weight excluding hydrogens is 316 g/mol. The maximum Gasteiger partial charge on any atom is 0.227 e. The molecule has 1 aromatic carbocycles. The highest BCUT2D eigenvalue weighted by Crippen LogP contribution is 2.26. The second kappa shape index (κ2) is 8.56. The van der Waals surface area contributed by atoms with E-state index in [9.17, 15) is 4.79 Å². The van der Waals surface area contributed by atoms with E-state index >= 15 is 0 Å². The number of benzene rings is 1. The van der Waals surface area contributed by atoms with E-state index in [2.05, 4.69) is 4.90 Å². The molecule has 1 aromatic rings. The predicted octanol–water partition coefficient (Wildman–Crippen LogP) is 2.72. The Morgan fingerprint density at radius 2 is 1.84 bits per heavy atom. The Hall–Kier alpha value is -1.75. The quantitative estimate of drug-likeness (QED) is 0.822. The van der Waals surface area contributed by atoms with E-state index in [4.69, 9.17) is 9.47 Å². The molecule has 2 aliphatic rings. The van der Waals surface area contributed by atoms with Crippen LogP contribution in [0.2, 0.25) is 0 Å². The fourth-order valence-corrected chi connectivity index (χ4v) is 4.12. The van der Waals surface area contributed by atoms with Crippen molar-refractivity contribution in [3.05, 3.63) is 23.8 Å². The number of nitrogens with zero attached hydrogens (tertiary/aromatic N) is 2. The molecule has 25 heavy (non-hydrogen) atoms. The molecule has 0 aromatic heterocycles. The molecule has 5 nitrogen and oxygen atoms in total. The minimum atomic E-state index is 0.180. The summed E-state index contributed by atoms with van der Waals surface area (Å²) in [6.45, 7) is 3.82. The minimum absolute atomic E-state index is 0.180. The van der Waals surface area contributed by atoms with Gasteiger partial charge in [0.05, 0.1) is 20.6 Å². The van der Waals surface area contributed by atoms with Gasteiger partial charge < -0.3 is 14.4 Å². The van der Waals surface area contributed by atoms with Crippen LogP contribution in [0.5, 0.6) is 11.5 Å². The molecule has 1 amide bonds. The van der Waals surface area contributed by atoms with Crippen LogP contribution in [0, 0.1) is 0 Å². The van der Waals surface area contributed by atoms with Gasteiger partial charge in [-0.05, 0) is 37.5 Å². The summed E-state index contributed by atoms with van der Waals surface area (Å²) in [6.07, 6.45) is 6.81. The Kier molecular flexibility index (Phi) is 6.19. The predicted molar refractivity (Wildman–Crippen MR) is 98.3 cm³/mol. The van der Waals surface area contributed by atoms with E-state index in [1.165, 1.54) is 25.7 Å². The lowest BCUT2D eigenvalue weighted by Gasteiger charge is -2.27. The van der Waals surface area contributed by atoms with Crippen molar-refractivity contribution in [1.29, 1.82) is 0 Å². The number of hydrogen-bond acceptors (Lipinski definition) is 4. The fraction of sp³-hybridized carbons (Fsp3) is 0.650. The van der Waals surface area contributed by atoms with Crippen molar-refractivity contribution < 1.29 is 14.3 Å². The Labute approximate surface area is 150 Å². The summed E-state index contributed by atoms with van der Waals surface area (Å²) in [5.74, 6) is 1.68. The largest absolute Gasteiger partial charge is 0.497 e. The molecule has 0 atom stereocenters. The molecule has 1 saturated carbocycles. The van der Waals surface area contributed by atoms with E-state index in [0.717, 1.165) is 55.7 Å². The summed E-state index contributed by atoms with van der Waals surface area (Å²) >= 11 is 0. The van der Waals surface area contributed by atoms with Gasteiger partial charge in [0.15, 0.2) is 0 Å². The summed E-state index contributed by atoms with van der Waals surface area (Å²) in [5, 5.41) is 0. The molecule has 0 unspecified atom stereocenters. The van der Waals surface area contributed by atoms with Gasteiger partial charge in [-0.2, -0.15) is 0 Å². The summed E-state index contributed by atoms with van der Waals surface area (Å²) in [4.78, 5) is 17.5. The number of hydrogen-bond donors (Lipinski definition) is 0. The van der Waals surface area contributed by atoms with Gasteiger partial charge in [-0.15, -0.1) is 0 Å². The van der Waals surface area contributed by atoms with Gasteiger partial charge in [0.1, 0.15) is 11.5 Å². The summed E-state index contributed by atoms with van der Waals surface area (Å²) in [7, 11) is 3.28. The Morgan fingerprint density at radius 3 is 2.56 bits per heavy atom. The normalized spacial score (nSPS) is 19.7. The van der Waals surface area contributed by atoms with Crippen LogP contribution >= 0.6 is 0 Å². The van der Waals surface area contributed by atoms with Gasteiger partial charge in [-0.3, -0.25) is 9.69 Å². The van der Waals surface area contributed by atoms with Gasteiger partial charge in [0, 0.05) is 37.8 Å². The van der Waals surface area contributed by atoms with Crippen LogP contribution in [0.4, 0.5) is 0 Å². The highest BCUT2D eigenvalue weighted by Gasteiger charge is 2.26. The number of methoxy groups -OCH3 is 2. The van der Waals surface area contributed by atoms with Crippen LogP contribution < -0.4 is 9.47 Å². The lowest BCUT2D eigenvalue weighted by molar-refractivity contribution is -0.130. The Balaban J connectivity index is 1.61. The molecule has 1 aliphatic carbocycles. The van der Waals surface area contributed by atoms with Gasteiger partial charge in [-0.1, -0.05) is 12.8 Å². The summed E-state index contributed by atoms with van der Waals surface area (Å²) < 4.78 is 10.7. The molecule has 1 heterocycles. The topological polar surface area (TPSA) is 42.0 Å². The van der Waals surface area contributed by atoms with Crippen LogP contribution in [-0.2, 0) is 11.2 Å². The van der Waals surface area contributed by atoms with E-state index in [1.54, 1.807) is 14.2 Å². The first-order valence-electron chi connectivity index (χ1n) is 9.44. The third-order valence-electron chi connectivity index (χ3n) is 5.55. The zero-order chi connectivity index (χ0) is 17.6.